The van der Waals surface area contributed by atoms with Crippen LogP contribution in [0.25, 0.3) is 0 Å². The predicted molar refractivity (Wildman–Crippen MR) is 85.7 cm³/mol. The van der Waals surface area contributed by atoms with Gasteiger partial charge in [-0.25, -0.2) is 4.79 Å². The minimum Gasteiger partial charge on any atom is -0.487 e. The third-order valence-corrected chi connectivity index (χ3v) is 3.31. The van der Waals surface area contributed by atoms with Gasteiger partial charge in [0, 0.05) is 12.7 Å². The van der Waals surface area contributed by atoms with Crippen LogP contribution >= 0.6 is 0 Å². The smallest absolute Gasteiger partial charge is 0.452 e. The summed E-state index contributed by atoms with van der Waals surface area (Å²) < 4.78 is 49.0. The highest BCUT2D eigenvalue weighted by atomic mass is 19.4. The first kappa shape index (κ1) is 19.4. The number of aromatic carboxylic acids is 1. The van der Waals surface area contributed by atoms with Gasteiger partial charge in [0.25, 0.3) is 0 Å². The van der Waals surface area contributed by atoms with E-state index in [9.17, 15) is 18.0 Å². The van der Waals surface area contributed by atoms with Gasteiger partial charge >= 0.3 is 12.1 Å². The van der Waals surface area contributed by atoms with E-state index < -0.39 is 17.9 Å². The number of benzene rings is 1. The van der Waals surface area contributed by atoms with Gasteiger partial charge in [0.05, 0.1) is 18.4 Å². The maximum atomic E-state index is 12.7. The second-order valence-corrected chi connectivity index (χ2v) is 5.22. The van der Waals surface area contributed by atoms with Crippen LogP contribution in [-0.2, 0) is 17.7 Å². The topological polar surface area (TPSA) is 73.6 Å². The number of carbonyl (C=O) groups is 1. The lowest BCUT2D eigenvalue weighted by atomic mass is 10.1. The van der Waals surface area contributed by atoms with E-state index in [0.717, 1.165) is 5.56 Å². The summed E-state index contributed by atoms with van der Waals surface area (Å²) in [4.78, 5) is 10.8. The average molecular weight is 370 g/mol. The SMILES string of the molecule is CCO/C(=C\Oc1ccc(CCn2cc(C(=O)O)cn2)cc1)C(F)(F)F. The molecular weight excluding hydrogens is 353 g/mol. The van der Waals surface area contributed by atoms with Crippen LogP contribution in [0.15, 0.2) is 48.7 Å². The van der Waals surface area contributed by atoms with Gasteiger partial charge < -0.3 is 14.6 Å². The van der Waals surface area contributed by atoms with Gasteiger partial charge in [-0.2, -0.15) is 18.3 Å². The van der Waals surface area contributed by atoms with Crippen molar-refractivity contribution in [2.45, 2.75) is 26.1 Å². The molecule has 0 unspecified atom stereocenters. The predicted octanol–water partition coefficient (Wildman–Crippen LogP) is 3.64. The Morgan fingerprint density at radius 1 is 1.31 bits per heavy atom. The summed E-state index contributed by atoms with van der Waals surface area (Å²) in [6, 6.07) is 6.49. The number of nitrogens with zero attached hydrogens (tertiary/aromatic N) is 2. The van der Waals surface area contributed by atoms with Crippen molar-refractivity contribution in [1.29, 1.82) is 0 Å². The molecule has 1 aromatic heterocycles. The van der Waals surface area contributed by atoms with E-state index in [1.165, 1.54) is 36.1 Å². The molecule has 2 rings (SSSR count). The summed E-state index contributed by atoms with van der Waals surface area (Å²) in [6.45, 7) is 1.80. The molecule has 26 heavy (non-hydrogen) atoms. The Morgan fingerprint density at radius 2 is 2.00 bits per heavy atom. The van der Waals surface area contributed by atoms with Crippen LogP contribution in [0, 0.1) is 0 Å². The van der Waals surface area contributed by atoms with E-state index in [1.807, 2.05) is 0 Å². The lowest BCUT2D eigenvalue weighted by molar-refractivity contribution is -0.132. The molecule has 0 bridgehead atoms. The van der Waals surface area contributed by atoms with Crippen LogP contribution in [0.1, 0.15) is 22.8 Å². The third kappa shape index (κ3) is 5.54. The monoisotopic (exact) mass is 370 g/mol. The molecule has 9 heteroatoms. The maximum absolute atomic E-state index is 12.7. The Bertz CT molecular complexity index is 767. The van der Waals surface area contributed by atoms with Crippen molar-refractivity contribution in [3.05, 3.63) is 59.8 Å². The van der Waals surface area contributed by atoms with Crippen LogP contribution in [0.3, 0.4) is 0 Å². The van der Waals surface area contributed by atoms with Gasteiger partial charge in [0.1, 0.15) is 12.0 Å². The molecule has 1 aromatic carbocycles. The highest BCUT2D eigenvalue weighted by Crippen LogP contribution is 2.27. The van der Waals surface area contributed by atoms with Crippen LogP contribution < -0.4 is 4.74 Å². The molecule has 140 valence electrons. The number of halogens is 3. The first-order valence-corrected chi connectivity index (χ1v) is 7.71. The van der Waals surface area contributed by atoms with Crippen molar-refractivity contribution in [3.63, 3.8) is 0 Å². The fraction of sp³-hybridized carbons (Fsp3) is 0.294. The number of carboxylic acids is 1. The minimum atomic E-state index is -4.62. The molecule has 0 atom stereocenters. The van der Waals surface area contributed by atoms with Gasteiger partial charge in [-0.15, -0.1) is 0 Å². The summed E-state index contributed by atoms with van der Waals surface area (Å²) in [5.74, 6) is -2.00. The maximum Gasteiger partial charge on any atom is 0.452 e. The number of aromatic nitrogens is 2. The number of aryl methyl sites for hydroxylation is 2. The fourth-order valence-corrected chi connectivity index (χ4v) is 2.03. The number of rotatable bonds is 8. The standard InChI is InChI=1S/C17H17F3N2O4/c1-2-25-15(17(18,19)20)11-26-14-5-3-12(4-6-14)7-8-22-10-13(9-21-22)16(23)24/h3-6,9-11H,2,7-8H2,1H3,(H,23,24)/b15-11-. The van der Waals surface area contributed by atoms with E-state index in [1.54, 1.807) is 12.1 Å². The van der Waals surface area contributed by atoms with Crippen LogP contribution in [0.5, 0.6) is 5.75 Å². The van der Waals surface area contributed by atoms with Gasteiger partial charge in [-0.3, -0.25) is 4.68 Å². The first-order valence-electron chi connectivity index (χ1n) is 7.71. The Balaban J connectivity index is 1.93. The van der Waals surface area contributed by atoms with Gasteiger partial charge in [0.15, 0.2) is 0 Å². The van der Waals surface area contributed by atoms with Crippen molar-refractivity contribution in [1.82, 2.24) is 9.78 Å². The van der Waals surface area contributed by atoms with E-state index in [4.69, 9.17) is 9.84 Å². The van der Waals surface area contributed by atoms with Crippen LogP contribution in [0.2, 0.25) is 0 Å². The fourth-order valence-electron chi connectivity index (χ4n) is 2.03. The van der Waals surface area contributed by atoms with Gasteiger partial charge in [-0.1, -0.05) is 12.1 Å². The molecule has 0 saturated heterocycles. The minimum absolute atomic E-state index is 0.107. The second-order valence-electron chi connectivity index (χ2n) is 5.22. The Labute approximate surface area is 147 Å². The van der Waals surface area contributed by atoms with E-state index in [2.05, 4.69) is 9.84 Å². The van der Waals surface area contributed by atoms with Crippen molar-refractivity contribution in [2.24, 2.45) is 0 Å². The lowest BCUT2D eigenvalue weighted by Crippen LogP contribution is -2.15. The Hall–Kier alpha value is -2.97. The Morgan fingerprint density at radius 3 is 2.54 bits per heavy atom. The third-order valence-electron chi connectivity index (χ3n) is 3.31. The molecule has 0 radical (unpaired) electrons. The molecule has 0 aliphatic rings. The summed E-state index contributed by atoms with van der Waals surface area (Å²) in [5.41, 5.74) is 1.00. The number of allylic oxidation sites excluding steroid dienone is 1. The number of hydrogen-bond donors (Lipinski definition) is 1. The van der Waals surface area contributed by atoms with E-state index in [-0.39, 0.29) is 17.9 Å². The molecule has 0 aliphatic heterocycles. The zero-order valence-electron chi connectivity index (χ0n) is 13.9. The van der Waals surface area contributed by atoms with Crippen LogP contribution in [0.4, 0.5) is 13.2 Å². The van der Waals surface area contributed by atoms with Crippen LogP contribution in [-0.4, -0.2) is 33.6 Å². The highest BCUT2D eigenvalue weighted by Gasteiger charge is 2.36. The summed E-state index contributed by atoms with van der Waals surface area (Å²) in [5, 5.41) is 12.8. The van der Waals surface area contributed by atoms with E-state index in [0.29, 0.717) is 19.2 Å². The zero-order valence-corrected chi connectivity index (χ0v) is 13.9. The molecule has 0 fully saturated rings. The highest BCUT2D eigenvalue weighted by molar-refractivity contribution is 5.86. The molecule has 0 amide bonds. The number of alkyl halides is 3. The summed E-state index contributed by atoms with van der Waals surface area (Å²) in [6.07, 6.45) is -0.812. The number of hydrogen-bond acceptors (Lipinski definition) is 4. The molecular formula is C17H17F3N2O4. The molecule has 0 spiro atoms. The average Bonchev–Trinajstić information content (AvgIpc) is 3.06. The lowest BCUT2D eigenvalue weighted by Gasteiger charge is -2.12. The first-order chi connectivity index (χ1) is 12.3. The largest absolute Gasteiger partial charge is 0.487 e. The molecule has 2 aromatic rings. The molecule has 0 aliphatic carbocycles. The Kier molecular flexibility index (Phi) is 6.26. The van der Waals surface area contributed by atoms with Crippen molar-refractivity contribution in [3.8, 4) is 5.75 Å². The normalized spacial score (nSPS) is 12.1. The summed E-state index contributed by atoms with van der Waals surface area (Å²) in [7, 11) is 0. The quantitative estimate of drug-likeness (QED) is 0.718. The number of carboxylic acid groups (broad SMARTS) is 1. The molecule has 6 nitrogen and oxygen atoms in total. The van der Waals surface area contributed by atoms with Gasteiger partial charge in [0.2, 0.25) is 5.76 Å². The zero-order chi connectivity index (χ0) is 19.2. The van der Waals surface area contributed by atoms with Crippen molar-refractivity contribution in [2.75, 3.05) is 6.61 Å². The second kappa shape index (κ2) is 8.41. The van der Waals surface area contributed by atoms with Crippen molar-refractivity contribution >= 4 is 5.97 Å². The van der Waals surface area contributed by atoms with Gasteiger partial charge in [-0.05, 0) is 31.0 Å². The molecule has 0 saturated carbocycles. The number of ether oxygens (including phenoxy) is 2. The summed E-state index contributed by atoms with van der Waals surface area (Å²) >= 11 is 0. The molecule has 1 heterocycles. The van der Waals surface area contributed by atoms with E-state index >= 15 is 0 Å². The molecule has 1 N–H and O–H groups in total. The van der Waals surface area contributed by atoms with Crippen molar-refractivity contribution < 1.29 is 32.5 Å².